The summed E-state index contributed by atoms with van der Waals surface area (Å²) in [5.74, 6) is -4.17. The lowest BCUT2D eigenvalue weighted by atomic mass is 9.83. The van der Waals surface area contributed by atoms with E-state index in [1.165, 1.54) is 58.3 Å². The second kappa shape index (κ2) is 33.0. The number of methoxy groups -OCH3 is 2. The standard InChI is InChI=1S/C61H84Br2Cl2N8O16/c1-33(2)51(68-40(29-74)17-13-16-35(4)88-60(30-62,31-63)32-75)54(78)70-43(18-14-22-67-57(66)81)53(77)69-39-20-21-41(42(64)26-39)55(79)72(8)37(6)56(80)87-48-27-49(76)73(9)44-24-38(25-45(84-10)50(44)65)23-34(3)15-12-19-47(85-11)61(83)28-46(86-58(82)71-61)36(5)52-59(48,7)89-52/h12,15,19-21,24-26,29,32-33,35-37,40,43,46-48,51-52,68,83H,13-14,16-18,22-23,27-28,30-31H2,1-11H3,(H,69,77)(H,70,78)(H,71,82)(H3,66,67,81)/b19-12+,34-15+/t35?,36-,37+,40?,43+,46+,47-,48+,51+,52+,59+,61+/m1/s1. The average Bonchev–Trinajstić information content (AvgIpc) is 1.64. The van der Waals surface area contributed by atoms with Crippen LogP contribution in [0.4, 0.5) is 21.0 Å². The Hall–Kier alpha value is -5.71. The first kappa shape index (κ1) is 74.0. The third kappa shape index (κ3) is 19.4. The number of amides is 7. The Morgan fingerprint density at radius 3 is 2.33 bits per heavy atom. The van der Waals surface area contributed by atoms with Crippen molar-refractivity contribution in [1.29, 1.82) is 0 Å². The van der Waals surface area contributed by atoms with Crippen LogP contribution in [0.15, 0.2) is 54.1 Å². The van der Waals surface area contributed by atoms with Crippen LogP contribution in [0.3, 0.4) is 0 Å². The number of rotatable bonds is 27. The van der Waals surface area contributed by atoms with Crippen molar-refractivity contribution in [2.24, 2.45) is 17.6 Å². The second-order valence-electron chi connectivity index (χ2n) is 23.4. The number of likely N-dealkylation sites (N-methyl/N-ethyl adjacent to an activating group) is 1. The molecule has 0 radical (unpaired) electrons. The minimum absolute atomic E-state index is 0.0307. The van der Waals surface area contributed by atoms with Gasteiger partial charge in [-0.1, -0.05) is 99.6 Å². The molecule has 2 aromatic rings. The van der Waals surface area contributed by atoms with E-state index in [9.17, 15) is 48.3 Å². The van der Waals surface area contributed by atoms with E-state index >= 15 is 0 Å². The Labute approximate surface area is 546 Å². The fourth-order valence-electron chi connectivity index (χ4n) is 10.7. The van der Waals surface area contributed by atoms with E-state index < -0.39 is 120 Å². The summed E-state index contributed by atoms with van der Waals surface area (Å²) in [6, 6.07) is 2.57. The van der Waals surface area contributed by atoms with Crippen LogP contribution >= 0.6 is 55.1 Å². The van der Waals surface area contributed by atoms with Crippen LogP contribution in [0.5, 0.6) is 5.75 Å². The number of allylic oxidation sites excluding steroid dienone is 3. The summed E-state index contributed by atoms with van der Waals surface area (Å²) in [6.45, 7) is 12.2. The molecule has 89 heavy (non-hydrogen) atoms. The number of benzene rings is 2. The van der Waals surface area contributed by atoms with Gasteiger partial charge in [0.25, 0.3) is 5.91 Å². The third-order valence-corrected chi connectivity index (χ3v) is 18.8. The van der Waals surface area contributed by atoms with Crippen molar-refractivity contribution in [3.05, 3.63) is 75.3 Å². The van der Waals surface area contributed by atoms with Gasteiger partial charge in [0.15, 0.2) is 12.0 Å². The molecule has 8 N–H and O–H groups in total. The SMILES string of the molecule is COc1cc2cc(c1Cl)N(C)C(=O)C[C@H](OC(=O)[C@H](C)N(C)C(=O)c1ccc(NC(=O)[C@H](CCCNC(N)=O)NC(=O)[C@@H](NC(C=O)CCCC(C)OC(C=O)(CBr)CBr)C(C)C)cc1Cl)[C@]1(C)O[C@H]1[C@H](C)[C@@H]1C[C@@](O)(NC(=O)O1)[C@H](OC)/C=C/C=C(\C)C2. The van der Waals surface area contributed by atoms with Crippen molar-refractivity contribution in [2.75, 3.05) is 55.7 Å². The fourth-order valence-corrected chi connectivity index (χ4v) is 12.7. The maximum atomic E-state index is 14.5. The van der Waals surface area contributed by atoms with E-state index in [1.807, 2.05) is 19.9 Å². The highest BCUT2D eigenvalue weighted by molar-refractivity contribution is 9.10. The predicted molar refractivity (Wildman–Crippen MR) is 342 cm³/mol. The number of aldehydes is 2. The van der Waals surface area contributed by atoms with Gasteiger partial charge >= 0.3 is 18.1 Å². The van der Waals surface area contributed by atoms with Gasteiger partial charge in [0.1, 0.15) is 58.7 Å². The molecule has 2 unspecified atom stereocenters. The average molecular weight is 1420 g/mol. The minimum Gasteiger partial charge on any atom is -0.495 e. The van der Waals surface area contributed by atoms with Crippen LogP contribution in [-0.4, -0.2) is 181 Å². The Morgan fingerprint density at radius 2 is 1.72 bits per heavy atom. The summed E-state index contributed by atoms with van der Waals surface area (Å²) in [5, 5.41) is 26.1. The van der Waals surface area contributed by atoms with Crippen molar-refractivity contribution in [2.45, 2.75) is 171 Å². The highest BCUT2D eigenvalue weighted by Gasteiger charge is 2.64. The zero-order chi connectivity index (χ0) is 66.3. The zero-order valence-electron chi connectivity index (χ0n) is 52.0. The van der Waals surface area contributed by atoms with Gasteiger partial charge in [-0.2, -0.15) is 0 Å². The van der Waals surface area contributed by atoms with Crippen LogP contribution in [0.2, 0.25) is 10.0 Å². The predicted octanol–water partition coefficient (Wildman–Crippen LogP) is 6.84. The monoisotopic (exact) mass is 1410 g/mol. The summed E-state index contributed by atoms with van der Waals surface area (Å²) in [4.78, 5) is 122. The number of nitrogens with one attached hydrogen (secondary N) is 5. The van der Waals surface area contributed by atoms with Gasteiger partial charge in [-0.05, 0) is 108 Å². The number of esters is 1. The van der Waals surface area contributed by atoms with Crippen molar-refractivity contribution in [3.8, 4) is 5.75 Å². The molecule has 2 fully saturated rings. The molecular weight excluding hydrogens is 1330 g/mol. The molecule has 0 aromatic heterocycles. The Morgan fingerprint density at radius 1 is 1.02 bits per heavy atom. The summed E-state index contributed by atoms with van der Waals surface area (Å²) in [6.07, 6.45) is 2.64. The van der Waals surface area contributed by atoms with E-state index in [2.05, 4.69) is 58.4 Å². The second-order valence-corrected chi connectivity index (χ2v) is 25.3. The number of anilines is 2. The zero-order valence-corrected chi connectivity index (χ0v) is 56.6. The van der Waals surface area contributed by atoms with Crippen LogP contribution in [-0.2, 0) is 58.9 Å². The number of carbonyl (C=O) groups excluding carboxylic acids is 9. The topological polar surface area (TPSA) is 325 Å². The Kier molecular flexibility index (Phi) is 27.5. The van der Waals surface area contributed by atoms with Gasteiger partial charge in [0.05, 0.1) is 54.1 Å². The maximum absolute atomic E-state index is 14.5. The first-order valence-corrected chi connectivity index (χ1v) is 32.2. The lowest BCUT2D eigenvalue weighted by Gasteiger charge is -2.42. The smallest absolute Gasteiger partial charge is 0.409 e. The van der Waals surface area contributed by atoms with Crippen molar-refractivity contribution >= 4 is 121 Å². The van der Waals surface area contributed by atoms with Crippen LogP contribution < -0.4 is 42.0 Å². The molecule has 0 saturated carbocycles. The molecule has 2 saturated heterocycles. The van der Waals surface area contributed by atoms with E-state index in [4.69, 9.17) is 57.4 Å². The number of alkyl carbamates (subject to hydrolysis) is 1. The number of nitrogens with two attached hydrogens (primary N) is 1. The molecule has 0 spiro atoms. The molecule has 7 amide bonds. The van der Waals surface area contributed by atoms with Crippen LogP contribution in [0.25, 0.3) is 0 Å². The van der Waals surface area contributed by atoms with E-state index in [0.29, 0.717) is 43.4 Å². The number of halogens is 4. The molecule has 24 nitrogen and oxygen atoms in total. The van der Waals surface area contributed by atoms with Gasteiger partial charge in [-0.3, -0.25) is 29.8 Å². The normalized spacial score (nSPS) is 24.8. The number of primary amides is 1. The van der Waals surface area contributed by atoms with Crippen LogP contribution in [0, 0.1) is 11.8 Å². The van der Waals surface area contributed by atoms with E-state index in [0.717, 1.165) is 22.3 Å². The number of epoxide rings is 1. The Balaban J connectivity index is 1.34. The molecule has 5 rings (SSSR count). The van der Waals surface area contributed by atoms with Crippen molar-refractivity contribution in [3.63, 3.8) is 0 Å². The lowest BCUT2D eigenvalue weighted by Crippen LogP contribution is -2.63. The van der Waals surface area contributed by atoms with Gasteiger partial charge in [-0.15, -0.1) is 0 Å². The number of nitrogens with zero attached hydrogens (tertiary/aromatic N) is 2. The van der Waals surface area contributed by atoms with Gasteiger partial charge in [0, 0.05) is 56.4 Å². The number of urea groups is 1. The highest BCUT2D eigenvalue weighted by atomic mass is 79.9. The summed E-state index contributed by atoms with van der Waals surface area (Å²) >= 11 is 20.3. The summed E-state index contributed by atoms with van der Waals surface area (Å²) in [5.41, 5.74) is 2.87. The van der Waals surface area contributed by atoms with Crippen molar-refractivity contribution in [1.82, 2.24) is 26.2 Å². The molecule has 0 aliphatic carbocycles. The number of hydrogen-bond donors (Lipinski definition) is 7. The van der Waals surface area contributed by atoms with Gasteiger partial charge in [0.2, 0.25) is 17.7 Å². The van der Waals surface area contributed by atoms with E-state index in [-0.39, 0.29) is 69.8 Å². The summed E-state index contributed by atoms with van der Waals surface area (Å²) in [7, 11) is 5.71. The number of hydrogen-bond acceptors (Lipinski definition) is 17. The number of fused-ring (bicyclic) bond motifs is 5. The number of carbonyl (C=O) groups is 9. The molecular formula is C61H84Br2Cl2N8O16. The fraction of sp³-hybridized carbons (Fsp3) is 0.590. The Bertz CT molecular complexity index is 2960. The number of ether oxygens (including phenoxy) is 6. The molecule has 2 aromatic carbocycles. The molecule has 3 aliphatic heterocycles. The van der Waals surface area contributed by atoms with E-state index in [1.54, 1.807) is 52.0 Å². The summed E-state index contributed by atoms with van der Waals surface area (Å²) < 4.78 is 35.6. The molecule has 492 valence electrons. The molecule has 3 heterocycles. The molecule has 28 heteroatoms. The first-order valence-electron chi connectivity index (χ1n) is 29.2. The number of aliphatic hydroxyl groups is 1. The van der Waals surface area contributed by atoms with Gasteiger partial charge in [-0.25, -0.2) is 14.4 Å². The van der Waals surface area contributed by atoms with Gasteiger partial charge < -0.3 is 74.6 Å². The number of alkyl halides is 2. The third-order valence-electron chi connectivity index (χ3n) is 16.3. The van der Waals surface area contributed by atoms with Crippen LogP contribution in [0.1, 0.15) is 109 Å². The minimum atomic E-state index is -1.93. The molecule has 12 atom stereocenters. The lowest BCUT2D eigenvalue weighted by molar-refractivity contribution is -0.158. The van der Waals surface area contributed by atoms with Crippen molar-refractivity contribution < 1.29 is 76.7 Å². The molecule has 4 bridgehead atoms. The maximum Gasteiger partial charge on any atom is 0.409 e. The largest absolute Gasteiger partial charge is 0.495 e. The molecule has 3 aliphatic rings. The quantitative estimate of drug-likeness (QED) is 0.0158. The highest BCUT2D eigenvalue weighted by Crippen LogP contribution is 2.49. The first-order chi connectivity index (χ1) is 41.9.